The number of carbonyl (C=O) groups is 1. The number of sulfone groups is 1. The summed E-state index contributed by atoms with van der Waals surface area (Å²) in [5, 5.41) is 0. The van der Waals surface area contributed by atoms with Crippen LogP contribution in [-0.4, -0.2) is 26.5 Å². The molecule has 6 heteroatoms. The first-order valence-electron chi connectivity index (χ1n) is 4.16. The smallest absolute Gasteiger partial charge is 0.356 e. The van der Waals surface area contributed by atoms with E-state index in [0.717, 1.165) is 6.26 Å². The highest BCUT2D eigenvalue weighted by molar-refractivity contribution is 7.90. The number of hydrogen-bond acceptors (Lipinski definition) is 5. The number of hydrogen-bond donors (Lipinski definition) is 1. The van der Waals surface area contributed by atoms with Gasteiger partial charge in [0.2, 0.25) is 0 Å². The molecule has 0 saturated heterocycles. The van der Waals surface area contributed by atoms with Crippen LogP contribution in [0.3, 0.4) is 0 Å². The highest BCUT2D eigenvalue weighted by Gasteiger charge is 2.07. The average molecular weight is 229 g/mol. The van der Waals surface area contributed by atoms with E-state index >= 15 is 0 Å². The Balaban J connectivity index is 2.45. The minimum Gasteiger partial charge on any atom is -0.366 e. The van der Waals surface area contributed by atoms with Crippen LogP contribution in [0.15, 0.2) is 30.3 Å². The summed E-state index contributed by atoms with van der Waals surface area (Å²) in [6.07, 6.45) is 1.04. The summed E-state index contributed by atoms with van der Waals surface area (Å²) in [7, 11) is -3.19. The molecule has 0 aliphatic heterocycles. The van der Waals surface area contributed by atoms with Crippen molar-refractivity contribution in [3.05, 3.63) is 35.9 Å². The largest absolute Gasteiger partial charge is 0.366 e. The molecular weight excluding hydrogens is 218 g/mol. The maximum atomic E-state index is 11.3. The maximum Gasteiger partial charge on any atom is 0.356 e. The summed E-state index contributed by atoms with van der Waals surface area (Å²) >= 11 is 0. The van der Waals surface area contributed by atoms with Crippen LogP contribution >= 0.6 is 0 Å². The first-order valence-corrected chi connectivity index (χ1v) is 6.22. The normalized spacial score (nSPS) is 11.0. The highest BCUT2D eigenvalue weighted by Crippen LogP contribution is 1.99. The third-order valence-electron chi connectivity index (χ3n) is 1.50. The van der Waals surface area contributed by atoms with Gasteiger partial charge in [-0.05, 0) is 12.1 Å². The molecule has 0 bridgehead atoms. The van der Waals surface area contributed by atoms with Crippen molar-refractivity contribution in [2.24, 2.45) is 0 Å². The summed E-state index contributed by atoms with van der Waals surface area (Å²) in [6.45, 7) is 0. The van der Waals surface area contributed by atoms with E-state index in [1.54, 1.807) is 30.3 Å². The van der Waals surface area contributed by atoms with Gasteiger partial charge in [-0.15, -0.1) is 5.48 Å². The molecule has 0 aliphatic carbocycles. The number of hydroxylamine groups is 1. The molecule has 0 atom stereocenters. The van der Waals surface area contributed by atoms with Gasteiger partial charge in [0.05, 0.1) is 5.56 Å². The molecule has 82 valence electrons. The number of rotatable bonds is 4. The minimum absolute atomic E-state index is 0.360. The molecule has 0 saturated carbocycles. The van der Waals surface area contributed by atoms with E-state index in [2.05, 4.69) is 10.3 Å². The van der Waals surface area contributed by atoms with Crippen LogP contribution in [0.5, 0.6) is 0 Å². The Kier molecular flexibility index (Phi) is 3.81. The van der Waals surface area contributed by atoms with Crippen molar-refractivity contribution in [3.8, 4) is 0 Å². The average Bonchev–Trinajstić information content (AvgIpc) is 2.17. The van der Waals surface area contributed by atoms with Crippen molar-refractivity contribution in [1.82, 2.24) is 5.48 Å². The number of benzene rings is 1. The summed E-state index contributed by atoms with van der Waals surface area (Å²) in [4.78, 5) is 15.8. The molecule has 5 nitrogen and oxygen atoms in total. The number of nitrogens with one attached hydrogen (secondary N) is 1. The SMILES string of the molecule is CS(=O)(=O)CNOC(=O)c1ccccc1. The van der Waals surface area contributed by atoms with Crippen LogP contribution < -0.4 is 5.48 Å². The molecule has 0 aromatic heterocycles. The summed E-state index contributed by atoms with van der Waals surface area (Å²) in [5.74, 6) is -1.01. The van der Waals surface area contributed by atoms with E-state index in [4.69, 9.17) is 0 Å². The third kappa shape index (κ3) is 4.57. The molecule has 0 radical (unpaired) electrons. The van der Waals surface area contributed by atoms with Crippen molar-refractivity contribution >= 4 is 15.8 Å². The molecule has 1 rings (SSSR count). The van der Waals surface area contributed by atoms with E-state index in [-0.39, 0.29) is 0 Å². The number of carbonyl (C=O) groups excluding carboxylic acids is 1. The highest BCUT2D eigenvalue weighted by atomic mass is 32.2. The van der Waals surface area contributed by atoms with Crippen molar-refractivity contribution in [1.29, 1.82) is 0 Å². The second-order valence-corrected chi connectivity index (χ2v) is 5.11. The molecule has 0 amide bonds. The Morgan fingerprint density at radius 3 is 2.47 bits per heavy atom. The molecule has 0 aliphatic rings. The Morgan fingerprint density at radius 2 is 1.93 bits per heavy atom. The van der Waals surface area contributed by atoms with Crippen LogP contribution in [0, 0.1) is 0 Å². The van der Waals surface area contributed by atoms with Crippen molar-refractivity contribution < 1.29 is 18.0 Å². The third-order valence-corrected chi connectivity index (χ3v) is 2.14. The first kappa shape index (κ1) is 11.7. The molecule has 0 fully saturated rings. The van der Waals surface area contributed by atoms with Gasteiger partial charge in [-0.1, -0.05) is 18.2 Å². The lowest BCUT2D eigenvalue weighted by Crippen LogP contribution is -2.25. The second kappa shape index (κ2) is 4.90. The molecule has 0 unspecified atom stereocenters. The zero-order valence-corrected chi connectivity index (χ0v) is 8.95. The molecule has 1 aromatic rings. The van der Waals surface area contributed by atoms with Gasteiger partial charge in [-0.2, -0.15) is 0 Å². The summed E-state index contributed by atoms with van der Waals surface area (Å²) in [5.41, 5.74) is 2.45. The molecule has 1 aromatic carbocycles. The fraction of sp³-hybridized carbons (Fsp3) is 0.222. The Morgan fingerprint density at radius 1 is 1.33 bits per heavy atom. The lowest BCUT2D eigenvalue weighted by atomic mass is 10.2. The zero-order valence-electron chi connectivity index (χ0n) is 8.14. The van der Waals surface area contributed by atoms with Crippen LogP contribution in [0.25, 0.3) is 0 Å². The Bertz CT molecular complexity index is 427. The Labute approximate surface area is 87.9 Å². The van der Waals surface area contributed by atoms with E-state index in [1.165, 1.54) is 0 Å². The fourth-order valence-corrected chi connectivity index (χ4v) is 1.11. The first-order chi connectivity index (χ1) is 6.99. The van der Waals surface area contributed by atoms with E-state index in [1.807, 2.05) is 0 Å². The predicted octanol–water partition coefficient (Wildman–Crippen LogP) is 0.350. The van der Waals surface area contributed by atoms with E-state index in [0.29, 0.717) is 5.56 Å². The van der Waals surface area contributed by atoms with Gasteiger partial charge >= 0.3 is 5.97 Å². The topological polar surface area (TPSA) is 72.5 Å². The van der Waals surface area contributed by atoms with E-state index in [9.17, 15) is 13.2 Å². The summed E-state index contributed by atoms with van der Waals surface area (Å²) in [6, 6.07) is 8.29. The van der Waals surface area contributed by atoms with Gasteiger partial charge in [0.1, 0.15) is 5.88 Å². The monoisotopic (exact) mass is 229 g/mol. The molecular formula is C9H11NO4S. The van der Waals surface area contributed by atoms with Crippen LogP contribution in [0.4, 0.5) is 0 Å². The van der Waals surface area contributed by atoms with Crippen molar-refractivity contribution in [2.45, 2.75) is 0 Å². The van der Waals surface area contributed by atoms with E-state index < -0.39 is 21.7 Å². The second-order valence-electron chi connectivity index (χ2n) is 2.97. The van der Waals surface area contributed by atoms with Gasteiger partial charge in [0.25, 0.3) is 0 Å². The molecule has 0 spiro atoms. The van der Waals surface area contributed by atoms with Crippen LogP contribution in [0.2, 0.25) is 0 Å². The van der Waals surface area contributed by atoms with Crippen molar-refractivity contribution in [3.63, 3.8) is 0 Å². The minimum atomic E-state index is -3.19. The summed E-state index contributed by atoms with van der Waals surface area (Å²) < 4.78 is 21.4. The lowest BCUT2D eigenvalue weighted by molar-refractivity contribution is 0.0293. The molecule has 1 N–H and O–H groups in total. The lowest BCUT2D eigenvalue weighted by Gasteiger charge is -2.03. The Hall–Kier alpha value is -1.40. The fourth-order valence-electron chi connectivity index (χ4n) is 0.835. The quantitative estimate of drug-likeness (QED) is 0.754. The van der Waals surface area contributed by atoms with Crippen molar-refractivity contribution in [2.75, 3.05) is 12.1 Å². The standard InChI is InChI=1S/C9H11NO4S/c1-15(12,13)7-10-14-9(11)8-5-3-2-4-6-8/h2-6,10H,7H2,1H3. The van der Waals surface area contributed by atoms with Gasteiger partial charge < -0.3 is 4.84 Å². The molecule has 15 heavy (non-hydrogen) atoms. The van der Waals surface area contributed by atoms with Gasteiger partial charge in [0, 0.05) is 6.26 Å². The van der Waals surface area contributed by atoms with Crippen LogP contribution in [-0.2, 0) is 14.7 Å². The van der Waals surface area contributed by atoms with Gasteiger partial charge in [-0.25, -0.2) is 13.2 Å². The maximum absolute atomic E-state index is 11.3. The van der Waals surface area contributed by atoms with Gasteiger partial charge in [0.15, 0.2) is 9.84 Å². The van der Waals surface area contributed by atoms with Crippen LogP contribution in [0.1, 0.15) is 10.4 Å². The zero-order chi connectivity index (χ0) is 11.3. The molecule has 0 heterocycles. The predicted molar refractivity (Wildman–Crippen MR) is 54.7 cm³/mol. The van der Waals surface area contributed by atoms with Gasteiger partial charge in [-0.3, -0.25) is 0 Å².